The van der Waals surface area contributed by atoms with E-state index in [1.165, 1.54) is 6.07 Å². The SMILES string of the molecule is CCCCc1nc(Cl)nn1Cc1ccc(-n2c(-c3nn[nH]n3)ccc2C(F)(F)F)cc1. The summed E-state index contributed by atoms with van der Waals surface area (Å²) in [4.78, 5) is 4.25. The van der Waals surface area contributed by atoms with E-state index in [2.05, 4.69) is 37.6 Å². The molecule has 0 saturated carbocycles. The van der Waals surface area contributed by atoms with Gasteiger partial charge < -0.3 is 4.57 Å². The van der Waals surface area contributed by atoms with Crippen molar-refractivity contribution in [2.45, 2.75) is 38.9 Å². The van der Waals surface area contributed by atoms with Gasteiger partial charge in [-0.05, 0) is 53.1 Å². The van der Waals surface area contributed by atoms with Gasteiger partial charge in [0.15, 0.2) is 0 Å². The highest BCUT2D eigenvalue weighted by molar-refractivity contribution is 6.28. The largest absolute Gasteiger partial charge is 0.431 e. The van der Waals surface area contributed by atoms with Crippen molar-refractivity contribution < 1.29 is 13.2 Å². The molecule has 3 heterocycles. The molecule has 162 valence electrons. The van der Waals surface area contributed by atoms with Gasteiger partial charge >= 0.3 is 6.18 Å². The van der Waals surface area contributed by atoms with E-state index in [1.54, 1.807) is 28.9 Å². The second kappa shape index (κ2) is 8.50. The number of unbranched alkanes of at least 4 members (excludes halogenated alkanes) is 1. The normalized spacial score (nSPS) is 11.9. The van der Waals surface area contributed by atoms with Gasteiger partial charge in [0, 0.05) is 12.1 Å². The number of nitrogens with one attached hydrogen (secondary N) is 1. The van der Waals surface area contributed by atoms with Crippen LogP contribution in [0.1, 0.15) is 36.8 Å². The molecule has 1 N–H and O–H groups in total. The van der Waals surface area contributed by atoms with E-state index < -0.39 is 11.9 Å². The molecule has 0 spiro atoms. The number of rotatable bonds is 7. The number of hydrogen-bond donors (Lipinski definition) is 1. The number of aromatic amines is 1. The first kappa shape index (κ1) is 21.0. The molecule has 1 aromatic carbocycles. The van der Waals surface area contributed by atoms with Crippen molar-refractivity contribution in [3.05, 3.63) is 58.8 Å². The average Bonchev–Trinajstić information content (AvgIpc) is 3.46. The number of tetrazole rings is 1. The monoisotopic (exact) mass is 450 g/mol. The van der Waals surface area contributed by atoms with Crippen LogP contribution < -0.4 is 0 Å². The first-order valence-electron chi connectivity index (χ1n) is 9.58. The minimum Gasteiger partial charge on any atom is -0.302 e. The van der Waals surface area contributed by atoms with Gasteiger partial charge in [-0.3, -0.25) is 0 Å². The van der Waals surface area contributed by atoms with Crippen LogP contribution >= 0.6 is 11.6 Å². The van der Waals surface area contributed by atoms with E-state index in [9.17, 15) is 13.2 Å². The number of alkyl halides is 3. The zero-order chi connectivity index (χ0) is 22.0. The highest BCUT2D eigenvalue weighted by atomic mass is 35.5. The van der Waals surface area contributed by atoms with Gasteiger partial charge in [-0.2, -0.15) is 18.4 Å². The van der Waals surface area contributed by atoms with Gasteiger partial charge in [0.2, 0.25) is 11.1 Å². The third-order valence-electron chi connectivity index (χ3n) is 4.75. The van der Waals surface area contributed by atoms with E-state index in [-0.39, 0.29) is 16.8 Å². The van der Waals surface area contributed by atoms with Crippen molar-refractivity contribution in [3.8, 4) is 17.2 Å². The van der Waals surface area contributed by atoms with E-state index >= 15 is 0 Å². The summed E-state index contributed by atoms with van der Waals surface area (Å²) in [7, 11) is 0. The molecule has 0 bridgehead atoms. The molecule has 0 saturated heterocycles. The number of nitrogens with zero attached hydrogens (tertiary/aromatic N) is 7. The van der Waals surface area contributed by atoms with Crippen LogP contribution in [0.5, 0.6) is 0 Å². The van der Waals surface area contributed by atoms with E-state index in [0.717, 1.165) is 41.3 Å². The van der Waals surface area contributed by atoms with Crippen LogP contribution in [0.25, 0.3) is 17.2 Å². The Morgan fingerprint density at radius 1 is 1.10 bits per heavy atom. The molecular formula is C19H18ClF3N8. The summed E-state index contributed by atoms with van der Waals surface area (Å²) in [6.45, 7) is 2.49. The summed E-state index contributed by atoms with van der Waals surface area (Å²) >= 11 is 5.96. The Hall–Kier alpha value is -3.21. The number of benzene rings is 1. The summed E-state index contributed by atoms with van der Waals surface area (Å²) in [6.07, 6.45) is -1.83. The van der Waals surface area contributed by atoms with Crippen molar-refractivity contribution in [2.75, 3.05) is 0 Å². The summed E-state index contributed by atoms with van der Waals surface area (Å²) in [5, 5.41) is 17.7. The molecule has 3 aromatic heterocycles. The van der Waals surface area contributed by atoms with Crippen LogP contribution in [0.4, 0.5) is 13.2 Å². The lowest BCUT2D eigenvalue weighted by Gasteiger charge is -2.15. The fourth-order valence-corrected chi connectivity index (χ4v) is 3.48. The van der Waals surface area contributed by atoms with Gasteiger partial charge in [-0.25, -0.2) is 9.67 Å². The second-order valence-corrected chi connectivity index (χ2v) is 7.24. The van der Waals surface area contributed by atoms with Crippen molar-refractivity contribution in [1.29, 1.82) is 0 Å². The third-order valence-corrected chi connectivity index (χ3v) is 4.91. The summed E-state index contributed by atoms with van der Waals surface area (Å²) in [6, 6.07) is 9.02. The van der Waals surface area contributed by atoms with Crippen molar-refractivity contribution >= 4 is 11.6 Å². The van der Waals surface area contributed by atoms with Crippen LogP contribution in [0, 0.1) is 0 Å². The molecule has 0 amide bonds. The second-order valence-electron chi connectivity index (χ2n) is 6.90. The Balaban J connectivity index is 1.66. The Labute approximate surface area is 180 Å². The molecule has 4 rings (SSSR count). The molecular weight excluding hydrogens is 433 g/mol. The molecule has 0 aliphatic carbocycles. The molecule has 4 aromatic rings. The number of aryl methyl sites for hydroxylation is 1. The Kier molecular flexibility index (Phi) is 5.77. The van der Waals surface area contributed by atoms with Crippen LogP contribution in [0.2, 0.25) is 5.28 Å². The number of aromatic nitrogens is 8. The predicted molar refractivity (Wildman–Crippen MR) is 107 cm³/mol. The molecule has 0 unspecified atom stereocenters. The minimum absolute atomic E-state index is 0.0670. The van der Waals surface area contributed by atoms with E-state index in [4.69, 9.17) is 11.6 Å². The minimum atomic E-state index is -4.55. The zero-order valence-electron chi connectivity index (χ0n) is 16.4. The molecule has 0 fully saturated rings. The van der Waals surface area contributed by atoms with Crippen LogP contribution in [0.15, 0.2) is 36.4 Å². The maximum absolute atomic E-state index is 13.6. The highest BCUT2D eigenvalue weighted by Gasteiger charge is 2.36. The fourth-order valence-electron chi connectivity index (χ4n) is 3.29. The lowest BCUT2D eigenvalue weighted by Crippen LogP contribution is -2.13. The number of halogens is 4. The highest BCUT2D eigenvalue weighted by Crippen LogP contribution is 2.35. The summed E-state index contributed by atoms with van der Waals surface area (Å²) in [5.41, 5.74) is 0.525. The van der Waals surface area contributed by atoms with Crippen LogP contribution in [-0.4, -0.2) is 40.0 Å². The van der Waals surface area contributed by atoms with E-state index in [1.807, 2.05) is 0 Å². The van der Waals surface area contributed by atoms with Gasteiger partial charge in [0.25, 0.3) is 0 Å². The van der Waals surface area contributed by atoms with Gasteiger partial charge in [0.05, 0.1) is 12.2 Å². The first-order chi connectivity index (χ1) is 14.9. The quantitative estimate of drug-likeness (QED) is 0.453. The number of H-pyrrole nitrogens is 1. The zero-order valence-corrected chi connectivity index (χ0v) is 17.2. The smallest absolute Gasteiger partial charge is 0.302 e. The Morgan fingerprint density at radius 3 is 2.52 bits per heavy atom. The molecule has 12 heteroatoms. The maximum atomic E-state index is 13.6. The lowest BCUT2D eigenvalue weighted by molar-refractivity contribution is -0.142. The summed E-state index contributed by atoms with van der Waals surface area (Å²) < 4.78 is 43.5. The summed E-state index contributed by atoms with van der Waals surface area (Å²) in [5.74, 6) is 0.845. The van der Waals surface area contributed by atoms with Crippen molar-refractivity contribution in [1.82, 2.24) is 40.0 Å². The van der Waals surface area contributed by atoms with Crippen molar-refractivity contribution in [3.63, 3.8) is 0 Å². The third kappa shape index (κ3) is 4.46. The molecule has 0 radical (unpaired) electrons. The van der Waals surface area contributed by atoms with Gasteiger partial charge in [0.1, 0.15) is 11.5 Å². The molecule has 0 aliphatic rings. The fraction of sp³-hybridized carbons (Fsp3) is 0.316. The Morgan fingerprint density at radius 2 is 1.87 bits per heavy atom. The predicted octanol–water partition coefficient (Wildman–Crippen LogP) is 4.31. The lowest BCUT2D eigenvalue weighted by atomic mass is 10.2. The topological polar surface area (TPSA) is 90.1 Å². The standard InChI is InChI=1S/C19H18ClF3N8/c1-2-3-4-16-24-18(20)27-30(16)11-12-5-7-13(8-6-12)31-14(17-25-28-29-26-17)9-10-15(31)19(21,22)23/h5-10H,2-4,11H2,1H3,(H,25,26,28,29). The van der Waals surface area contributed by atoms with Crippen molar-refractivity contribution in [2.24, 2.45) is 0 Å². The number of hydrogen-bond acceptors (Lipinski definition) is 5. The van der Waals surface area contributed by atoms with Gasteiger partial charge in [-0.1, -0.05) is 25.5 Å². The van der Waals surface area contributed by atoms with Crippen LogP contribution in [0.3, 0.4) is 0 Å². The van der Waals surface area contributed by atoms with Gasteiger partial charge in [-0.15, -0.1) is 15.3 Å². The average molecular weight is 451 g/mol. The molecule has 8 nitrogen and oxygen atoms in total. The van der Waals surface area contributed by atoms with Crippen LogP contribution in [-0.2, 0) is 19.1 Å². The maximum Gasteiger partial charge on any atom is 0.431 e. The molecule has 31 heavy (non-hydrogen) atoms. The molecule has 0 aliphatic heterocycles. The Bertz CT molecular complexity index is 1150. The van der Waals surface area contributed by atoms with E-state index in [0.29, 0.717) is 12.2 Å². The molecule has 0 atom stereocenters. The first-order valence-corrected chi connectivity index (χ1v) is 9.96.